The lowest BCUT2D eigenvalue weighted by atomic mass is 10.1. The topological polar surface area (TPSA) is 37.8 Å². The maximum atomic E-state index is 12.2. The van der Waals surface area contributed by atoms with Crippen LogP contribution in [0, 0.1) is 6.92 Å². The Hall–Kier alpha value is -1.45. The summed E-state index contributed by atoms with van der Waals surface area (Å²) in [7, 11) is 0. The second-order valence-electron chi connectivity index (χ2n) is 4.33. The van der Waals surface area contributed by atoms with Gasteiger partial charge in [-0.05, 0) is 24.6 Å². The number of nitrogens with one attached hydrogen (secondary N) is 1. The average molecular weight is 297 g/mol. The second-order valence-corrected chi connectivity index (χ2v) is 5.18. The Kier molecular flexibility index (Phi) is 4.17. The molecule has 0 aliphatic carbocycles. The van der Waals surface area contributed by atoms with E-state index in [1.54, 1.807) is 18.2 Å². The number of halogens is 2. The lowest BCUT2D eigenvalue weighted by Crippen LogP contribution is -2.18. The highest BCUT2D eigenvalue weighted by Crippen LogP contribution is 2.23. The molecule has 19 heavy (non-hydrogen) atoms. The van der Waals surface area contributed by atoms with E-state index >= 15 is 0 Å². The van der Waals surface area contributed by atoms with Crippen LogP contribution in [0.25, 0.3) is 0 Å². The summed E-state index contributed by atoms with van der Waals surface area (Å²) in [5.41, 5.74) is 2.41. The Labute approximate surface area is 121 Å². The quantitative estimate of drug-likeness (QED) is 0.861. The number of aromatic amines is 1. The third kappa shape index (κ3) is 2.94. The fraction of sp³-hybridized carbons (Fsp3) is 0.214. The summed E-state index contributed by atoms with van der Waals surface area (Å²) in [6, 6.07) is 5.30. The number of allylic oxidation sites excluding steroid dienone is 1. The summed E-state index contributed by atoms with van der Waals surface area (Å²) in [5.74, 6) is 0. The van der Waals surface area contributed by atoms with E-state index in [4.69, 9.17) is 23.2 Å². The van der Waals surface area contributed by atoms with Crippen LogP contribution in [-0.4, -0.2) is 9.78 Å². The molecule has 0 aliphatic rings. The molecule has 1 N–H and O–H groups in total. The maximum Gasteiger partial charge on any atom is 0.270 e. The van der Waals surface area contributed by atoms with Gasteiger partial charge >= 0.3 is 0 Å². The van der Waals surface area contributed by atoms with Crippen molar-refractivity contribution in [3.63, 3.8) is 0 Å². The minimum absolute atomic E-state index is 0.0385. The molecular weight excluding hydrogens is 283 g/mol. The van der Waals surface area contributed by atoms with E-state index in [2.05, 4.69) is 11.7 Å². The van der Waals surface area contributed by atoms with E-state index in [0.29, 0.717) is 28.6 Å². The van der Waals surface area contributed by atoms with Crippen molar-refractivity contribution in [3.8, 4) is 0 Å². The molecule has 2 rings (SSSR count). The summed E-state index contributed by atoms with van der Waals surface area (Å²) < 4.78 is 1.53. The molecule has 3 nitrogen and oxygen atoms in total. The molecule has 0 unspecified atom stereocenters. The maximum absolute atomic E-state index is 12.2. The van der Waals surface area contributed by atoms with Gasteiger partial charge in [0.15, 0.2) is 0 Å². The number of nitrogens with zero attached hydrogens (tertiary/aromatic N) is 1. The number of aromatic nitrogens is 2. The Morgan fingerprint density at radius 3 is 2.79 bits per heavy atom. The van der Waals surface area contributed by atoms with E-state index in [1.165, 1.54) is 4.68 Å². The van der Waals surface area contributed by atoms with Crippen LogP contribution in [0.15, 0.2) is 35.6 Å². The third-order valence-corrected chi connectivity index (χ3v) is 3.54. The van der Waals surface area contributed by atoms with Crippen molar-refractivity contribution in [2.75, 3.05) is 0 Å². The average Bonchev–Trinajstić information content (AvgIpc) is 2.60. The molecule has 0 spiro atoms. The molecule has 1 aromatic carbocycles. The first kappa shape index (κ1) is 14.0. The minimum Gasteiger partial charge on any atom is -0.299 e. The van der Waals surface area contributed by atoms with Crippen LogP contribution in [0.1, 0.15) is 16.8 Å². The molecule has 2 aromatic rings. The van der Waals surface area contributed by atoms with Crippen molar-refractivity contribution in [2.45, 2.75) is 19.9 Å². The Balaban J connectivity index is 2.38. The monoisotopic (exact) mass is 296 g/mol. The van der Waals surface area contributed by atoms with E-state index in [9.17, 15) is 4.79 Å². The lowest BCUT2D eigenvalue weighted by Gasteiger charge is -2.03. The zero-order valence-corrected chi connectivity index (χ0v) is 12.1. The Bertz CT molecular complexity index is 671. The van der Waals surface area contributed by atoms with Gasteiger partial charge in [0, 0.05) is 27.7 Å². The number of hydrogen-bond acceptors (Lipinski definition) is 1. The summed E-state index contributed by atoms with van der Waals surface area (Å²) in [5, 5.41) is 4.19. The van der Waals surface area contributed by atoms with Crippen molar-refractivity contribution in [3.05, 3.63) is 68.1 Å². The molecule has 0 radical (unpaired) electrons. The number of aryl methyl sites for hydroxylation is 1. The Morgan fingerprint density at radius 2 is 2.16 bits per heavy atom. The minimum atomic E-state index is -0.0385. The predicted octanol–water partition coefficient (Wildman–Crippen LogP) is 3.57. The van der Waals surface area contributed by atoms with Crippen LogP contribution in [-0.2, 0) is 13.0 Å². The van der Waals surface area contributed by atoms with E-state index in [0.717, 1.165) is 11.3 Å². The van der Waals surface area contributed by atoms with E-state index < -0.39 is 0 Å². The van der Waals surface area contributed by atoms with Gasteiger partial charge in [0.05, 0.1) is 6.54 Å². The number of hydrogen-bond donors (Lipinski definition) is 1. The van der Waals surface area contributed by atoms with Crippen molar-refractivity contribution in [2.24, 2.45) is 0 Å². The van der Waals surface area contributed by atoms with Gasteiger partial charge in [0.2, 0.25) is 0 Å². The van der Waals surface area contributed by atoms with E-state index in [1.807, 2.05) is 13.0 Å². The highest BCUT2D eigenvalue weighted by Gasteiger charge is 2.12. The van der Waals surface area contributed by atoms with Crippen molar-refractivity contribution >= 4 is 23.2 Å². The number of benzene rings is 1. The lowest BCUT2D eigenvalue weighted by molar-refractivity contribution is 0.671. The number of H-pyrrole nitrogens is 1. The van der Waals surface area contributed by atoms with Crippen LogP contribution in [0.3, 0.4) is 0 Å². The summed E-state index contributed by atoms with van der Waals surface area (Å²) >= 11 is 12.0. The fourth-order valence-corrected chi connectivity index (χ4v) is 2.44. The highest BCUT2D eigenvalue weighted by atomic mass is 35.5. The molecule has 0 saturated heterocycles. The standard InChI is InChI=1S/C14H14Cl2N2O/c1-3-6-18-14(19)12(9(2)17-18)7-10-4-5-11(15)8-13(10)16/h3-5,8,17H,1,6-7H2,2H3. The van der Waals surface area contributed by atoms with Crippen molar-refractivity contribution < 1.29 is 0 Å². The van der Waals surface area contributed by atoms with Crippen molar-refractivity contribution in [1.29, 1.82) is 0 Å². The van der Waals surface area contributed by atoms with Gasteiger partial charge in [-0.3, -0.25) is 9.89 Å². The van der Waals surface area contributed by atoms with Crippen LogP contribution in [0.4, 0.5) is 0 Å². The van der Waals surface area contributed by atoms with Gasteiger partial charge in [-0.15, -0.1) is 6.58 Å². The van der Waals surface area contributed by atoms with Gasteiger partial charge in [0.25, 0.3) is 5.56 Å². The molecule has 1 aromatic heterocycles. The summed E-state index contributed by atoms with van der Waals surface area (Å²) in [6.07, 6.45) is 2.16. The van der Waals surface area contributed by atoms with E-state index in [-0.39, 0.29) is 5.56 Å². The first-order valence-corrected chi connectivity index (χ1v) is 6.61. The Morgan fingerprint density at radius 1 is 1.42 bits per heavy atom. The van der Waals surface area contributed by atoms with Gasteiger partial charge in [0.1, 0.15) is 0 Å². The zero-order chi connectivity index (χ0) is 14.0. The normalized spacial score (nSPS) is 10.7. The van der Waals surface area contributed by atoms with Gasteiger partial charge in [-0.25, -0.2) is 4.68 Å². The first-order chi connectivity index (χ1) is 9.02. The van der Waals surface area contributed by atoms with Gasteiger partial charge < -0.3 is 0 Å². The molecule has 1 heterocycles. The van der Waals surface area contributed by atoms with Crippen LogP contribution >= 0.6 is 23.2 Å². The van der Waals surface area contributed by atoms with Crippen LogP contribution in [0.2, 0.25) is 10.0 Å². The third-order valence-electron chi connectivity index (χ3n) is 2.95. The smallest absolute Gasteiger partial charge is 0.270 e. The second kappa shape index (κ2) is 5.68. The van der Waals surface area contributed by atoms with Crippen LogP contribution < -0.4 is 5.56 Å². The summed E-state index contributed by atoms with van der Waals surface area (Å²) in [4.78, 5) is 12.2. The molecule has 0 bridgehead atoms. The molecule has 0 atom stereocenters. The molecule has 0 fully saturated rings. The zero-order valence-electron chi connectivity index (χ0n) is 10.5. The summed E-state index contributed by atoms with van der Waals surface area (Å²) in [6.45, 7) is 5.97. The molecule has 0 saturated carbocycles. The molecule has 100 valence electrons. The van der Waals surface area contributed by atoms with Gasteiger partial charge in [-0.1, -0.05) is 35.3 Å². The number of rotatable bonds is 4. The highest BCUT2D eigenvalue weighted by molar-refractivity contribution is 6.35. The SMILES string of the molecule is C=CCn1[nH]c(C)c(Cc2ccc(Cl)cc2Cl)c1=O. The fourth-order valence-electron chi connectivity index (χ4n) is 1.97. The molecule has 0 amide bonds. The largest absolute Gasteiger partial charge is 0.299 e. The molecular formula is C14H14Cl2N2O. The van der Waals surface area contributed by atoms with Crippen molar-refractivity contribution in [1.82, 2.24) is 9.78 Å². The first-order valence-electron chi connectivity index (χ1n) is 5.86. The predicted molar refractivity (Wildman–Crippen MR) is 79.3 cm³/mol. The van der Waals surface area contributed by atoms with Crippen LogP contribution in [0.5, 0.6) is 0 Å². The molecule has 0 aliphatic heterocycles. The molecule has 5 heteroatoms. The van der Waals surface area contributed by atoms with Gasteiger partial charge in [-0.2, -0.15) is 0 Å².